The molecule has 3 rings (SSSR count). The molecule has 0 radical (unpaired) electrons. The molecule has 6 heteroatoms. The Kier molecular flexibility index (Phi) is 3.74. The van der Waals surface area contributed by atoms with Crippen LogP contribution in [0, 0.1) is 12.8 Å². The maximum absolute atomic E-state index is 5.93. The van der Waals surface area contributed by atoms with Crippen molar-refractivity contribution >= 4 is 16.5 Å². The standard InChI is InChI=1S/C14H20N4OS/c1-3-9-5-4-6-10(7-9)13-16-14(19-17-13)11-8(2)18-20-12(11)15/h9-10H,3-7,15H2,1-2H3. The molecule has 0 aromatic carbocycles. The molecule has 20 heavy (non-hydrogen) atoms. The van der Waals surface area contributed by atoms with E-state index in [1.807, 2.05) is 6.92 Å². The number of anilines is 1. The van der Waals surface area contributed by atoms with Gasteiger partial charge >= 0.3 is 0 Å². The molecule has 5 nitrogen and oxygen atoms in total. The van der Waals surface area contributed by atoms with Crippen LogP contribution in [-0.2, 0) is 0 Å². The predicted octanol–water partition coefficient (Wildman–Crippen LogP) is 3.77. The number of nitrogen functional groups attached to an aromatic ring is 1. The largest absolute Gasteiger partial charge is 0.389 e. The van der Waals surface area contributed by atoms with Crippen LogP contribution in [0.25, 0.3) is 11.5 Å². The van der Waals surface area contributed by atoms with Gasteiger partial charge < -0.3 is 10.3 Å². The second-order valence-corrected chi connectivity index (χ2v) is 6.41. The highest BCUT2D eigenvalue weighted by atomic mass is 32.1. The third-order valence-electron chi connectivity index (χ3n) is 4.27. The smallest absolute Gasteiger partial charge is 0.262 e. The normalized spacial score (nSPS) is 23.1. The highest BCUT2D eigenvalue weighted by Crippen LogP contribution is 2.38. The van der Waals surface area contributed by atoms with Crippen LogP contribution in [0.4, 0.5) is 5.00 Å². The van der Waals surface area contributed by atoms with Crippen molar-refractivity contribution < 1.29 is 4.52 Å². The first-order chi connectivity index (χ1) is 9.69. The van der Waals surface area contributed by atoms with Gasteiger partial charge in [0.25, 0.3) is 5.89 Å². The average molecular weight is 292 g/mol. The lowest BCUT2D eigenvalue weighted by Crippen LogP contribution is -2.14. The van der Waals surface area contributed by atoms with Gasteiger partial charge in [-0.1, -0.05) is 31.3 Å². The van der Waals surface area contributed by atoms with Gasteiger partial charge in [-0.15, -0.1) is 0 Å². The highest BCUT2D eigenvalue weighted by Gasteiger charge is 2.27. The molecule has 108 valence electrons. The zero-order valence-corrected chi connectivity index (χ0v) is 12.7. The lowest BCUT2D eigenvalue weighted by molar-refractivity contribution is 0.300. The Morgan fingerprint density at radius 2 is 2.25 bits per heavy atom. The summed E-state index contributed by atoms with van der Waals surface area (Å²) in [6.07, 6.45) is 6.16. The van der Waals surface area contributed by atoms with Crippen molar-refractivity contribution in [3.63, 3.8) is 0 Å². The first-order valence-electron chi connectivity index (χ1n) is 7.24. The van der Waals surface area contributed by atoms with Crippen LogP contribution in [0.5, 0.6) is 0 Å². The van der Waals surface area contributed by atoms with Crippen LogP contribution in [0.1, 0.15) is 56.5 Å². The van der Waals surface area contributed by atoms with Crippen molar-refractivity contribution in [2.24, 2.45) is 5.92 Å². The van der Waals surface area contributed by atoms with E-state index in [0.717, 1.165) is 29.4 Å². The number of rotatable bonds is 3. The highest BCUT2D eigenvalue weighted by molar-refractivity contribution is 7.10. The van der Waals surface area contributed by atoms with E-state index >= 15 is 0 Å². The van der Waals surface area contributed by atoms with Gasteiger partial charge in [-0.05, 0) is 37.2 Å². The van der Waals surface area contributed by atoms with Crippen LogP contribution in [-0.4, -0.2) is 14.5 Å². The van der Waals surface area contributed by atoms with E-state index in [1.165, 1.54) is 37.2 Å². The topological polar surface area (TPSA) is 77.8 Å². The molecule has 0 amide bonds. The van der Waals surface area contributed by atoms with E-state index in [4.69, 9.17) is 10.3 Å². The van der Waals surface area contributed by atoms with Gasteiger partial charge in [0.15, 0.2) is 5.82 Å². The lowest BCUT2D eigenvalue weighted by atomic mass is 9.80. The third-order valence-corrected chi connectivity index (χ3v) is 5.04. The molecule has 1 fully saturated rings. The number of aryl methyl sites for hydroxylation is 1. The summed E-state index contributed by atoms with van der Waals surface area (Å²) in [7, 11) is 0. The summed E-state index contributed by atoms with van der Waals surface area (Å²) >= 11 is 1.27. The SMILES string of the molecule is CCC1CCCC(c2noc(-c3c(C)nsc3N)n2)C1. The molecule has 2 aromatic rings. The van der Waals surface area contributed by atoms with Crippen LogP contribution >= 0.6 is 11.5 Å². The number of aromatic nitrogens is 3. The molecular formula is C14H20N4OS. The minimum absolute atomic E-state index is 0.430. The maximum Gasteiger partial charge on any atom is 0.262 e. The molecule has 2 unspecified atom stereocenters. The van der Waals surface area contributed by atoms with Crippen molar-refractivity contribution in [2.75, 3.05) is 5.73 Å². The van der Waals surface area contributed by atoms with E-state index in [0.29, 0.717) is 16.8 Å². The van der Waals surface area contributed by atoms with Crippen LogP contribution in [0.2, 0.25) is 0 Å². The molecule has 2 aromatic heterocycles. The molecular weight excluding hydrogens is 272 g/mol. The number of nitrogens with two attached hydrogens (primary N) is 1. The number of hydrogen-bond acceptors (Lipinski definition) is 6. The summed E-state index contributed by atoms with van der Waals surface area (Å²) in [4.78, 5) is 4.58. The fourth-order valence-electron chi connectivity index (χ4n) is 3.05. The van der Waals surface area contributed by atoms with E-state index < -0.39 is 0 Å². The number of hydrogen-bond donors (Lipinski definition) is 1. The summed E-state index contributed by atoms with van der Waals surface area (Å²) < 4.78 is 9.65. The van der Waals surface area contributed by atoms with Gasteiger partial charge in [0.05, 0.1) is 11.3 Å². The fraction of sp³-hybridized carbons (Fsp3) is 0.643. The second kappa shape index (κ2) is 5.52. The summed E-state index contributed by atoms with van der Waals surface area (Å²) in [5.41, 5.74) is 7.59. The maximum atomic E-state index is 5.93. The van der Waals surface area contributed by atoms with Crippen molar-refractivity contribution in [2.45, 2.75) is 51.9 Å². The molecule has 1 aliphatic carbocycles. The summed E-state index contributed by atoms with van der Waals surface area (Å²) in [5.74, 6) is 2.58. The zero-order valence-electron chi connectivity index (χ0n) is 11.9. The first kappa shape index (κ1) is 13.5. The molecule has 2 heterocycles. The van der Waals surface area contributed by atoms with Gasteiger partial charge in [-0.25, -0.2) is 0 Å². The van der Waals surface area contributed by atoms with Gasteiger partial charge in [-0.2, -0.15) is 9.36 Å². The van der Waals surface area contributed by atoms with Gasteiger partial charge in [-0.3, -0.25) is 0 Å². The first-order valence-corrected chi connectivity index (χ1v) is 8.02. The average Bonchev–Trinajstić information content (AvgIpc) is 3.06. The van der Waals surface area contributed by atoms with Crippen molar-refractivity contribution in [3.8, 4) is 11.5 Å². The van der Waals surface area contributed by atoms with Gasteiger partial charge in [0.1, 0.15) is 5.00 Å². The Balaban J connectivity index is 1.83. The molecule has 2 N–H and O–H groups in total. The van der Waals surface area contributed by atoms with E-state index in [2.05, 4.69) is 21.4 Å². The Morgan fingerprint density at radius 1 is 1.40 bits per heavy atom. The molecule has 1 saturated carbocycles. The Morgan fingerprint density at radius 3 is 2.95 bits per heavy atom. The summed E-state index contributed by atoms with van der Waals surface area (Å²) in [5, 5.41) is 4.83. The van der Waals surface area contributed by atoms with Gasteiger partial charge in [0.2, 0.25) is 0 Å². The summed E-state index contributed by atoms with van der Waals surface area (Å²) in [6, 6.07) is 0. The molecule has 2 atom stereocenters. The monoisotopic (exact) mass is 292 g/mol. The molecule has 0 spiro atoms. The quantitative estimate of drug-likeness (QED) is 0.931. The molecule has 0 aliphatic heterocycles. The van der Waals surface area contributed by atoms with Crippen molar-refractivity contribution in [1.82, 2.24) is 14.5 Å². The minimum Gasteiger partial charge on any atom is -0.389 e. The zero-order chi connectivity index (χ0) is 14.1. The summed E-state index contributed by atoms with van der Waals surface area (Å²) in [6.45, 7) is 4.18. The Hall–Kier alpha value is -1.43. The minimum atomic E-state index is 0.430. The van der Waals surface area contributed by atoms with E-state index in [9.17, 15) is 0 Å². The van der Waals surface area contributed by atoms with E-state index in [1.54, 1.807) is 0 Å². The Bertz CT molecular complexity index is 572. The Labute approximate surface area is 122 Å². The van der Waals surface area contributed by atoms with E-state index in [-0.39, 0.29) is 0 Å². The number of nitrogens with zero attached hydrogens (tertiary/aromatic N) is 3. The third kappa shape index (κ3) is 2.44. The van der Waals surface area contributed by atoms with Gasteiger partial charge in [0, 0.05) is 5.92 Å². The van der Waals surface area contributed by atoms with Crippen molar-refractivity contribution in [3.05, 3.63) is 11.5 Å². The molecule has 0 bridgehead atoms. The fourth-order valence-corrected chi connectivity index (χ4v) is 3.70. The second-order valence-electron chi connectivity index (χ2n) is 5.60. The van der Waals surface area contributed by atoms with Crippen LogP contribution in [0.3, 0.4) is 0 Å². The molecule has 1 aliphatic rings. The predicted molar refractivity (Wildman–Crippen MR) is 79.5 cm³/mol. The molecule has 0 saturated heterocycles. The lowest BCUT2D eigenvalue weighted by Gasteiger charge is -2.26. The van der Waals surface area contributed by atoms with Crippen molar-refractivity contribution in [1.29, 1.82) is 0 Å². The van der Waals surface area contributed by atoms with Crippen LogP contribution < -0.4 is 5.73 Å². The van der Waals surface area contributed by atoms with Crippen LogP contribution in [0.15, 0.2) is 4.52 Å².